The molecule has 2 aliphatic carbocycles. The second-order valence-corrected chi connectivity index (χ2v) is 23.6. The molecule has 0 saturated carbocycles. The predicted molar refractivity (Wildman–Crippen MR) is 292 cm³/mol. The second-order valence-electron chi connectivity index (χ2n) is 23.6. The second kappa shape index (κ2) is 26.4. The van der Waals surface area contributed by atoms with Crippen LogP contribution in [0.2, 0.25) is 0 Å². The van der Waals surface area contributed by atoms with Crippen LogP contribution in [0.25, 0.3) is 0 Å². The number of likely N-dealkylation sites (N-methyl/N-ethyl adjacent to an activating group) is 2. The van der Waals surface area contributed by atoms with E-state index in [1.807, 2.05) is 77.9 Å². The fraction of sp³-hybridized carbons (Fsp3) is 0.655. The summed E-state index contributed by atoms with van der Waals surface area (Å²) in [6.45, 7) is 15.5. The van der Waals surface area contributed by atoms with E-state index in [1.165, 1.54) is 11.1 Å². The van der Waals surface area contributed by atoms with E-state index in [4.69, 9.17) is 0 Å². The summed E-state index contributed by atoms with van der Waals surface area (Å²) in [5.41, 5.74) is 3.12. The topological polar surface area (TPSA) is 222 Å². The Morgan fingerprint density at radius 2 is 0.908 bits per heavy atom. The number of nitrogens with zero attached hydrogens (tertiary/aromatic N) is 4. The maximum absolute atomic E-state index is 14.5. The van der Waals surface area contributed by atoms with E-state index in [1.54, 1.807) is 47.5 Å². The fourth-order valence-corrected chi connectivity index (χ4v) is 11.0. The quantitative estimate of drug-likeness (QED) is 0.111. The zero-order valence-corrected chi connectivity index (χ0v) is 47.0. The minimum absolute atomic E-state index is 0.0177. The summed E-state index contributed by atoms with van der Waals surface area (Å²) in [5, 5.41) is 18.2. The molecule has 2 saturated heterocycles. The van der Waals surface area contributed by atoms with Crippen LogP contribution in [0.15, 0.2) is 48.5 Å². The Morgan fingerprint density at radius 1 is 0.539 bits per heavy atom. The summed E-state index contributed by atoms with van der Waals surface area (Å²) < 4.78 is 0. The molecule has 6 rings (SSSR count). The molecule has 0 unspecified atom stereocenters. The smallest absolute Gasteiger partial charge is 0.246 e. The highest BCUT2D eigenvalue weighted by atomic mass is 16.2. The number of nitrogens with one attached hydrogen (secondary N) is 6. The molecule has 4 aliphatic rings. The molecule has 2 aliphatic heterocycles. The zero-order chi connectivity index (χ0) is 55.5. The molecule has 0 radical (unpaired) electrons. The molecular formula is C58H88N10O8. The summed E-state index contributed by atoms with van der Waals surface area (Å²) in [7, 11) is 3.35. The Balaban J connectivity index is 1.06. The molecule has 76 heavy (non-hydrogen) atoms. The molecule has 2 heterocycles. The number of carbonyl (C=O) groups excluding carboxylic acids is 8. The fourth-order valence-electron chi connectivity index (χ4n) is 11.0. The lowest BCUT2D eigenvalue weighted by Gasteiger charge is -2.44. The molecule has 0 spiro atoms. The van der Waals surface area contributed by atoms with Crippen molar-refractivity contribution in [2.45, 2.75) is 181 Å². The van der Waals surface area contributed by atoms with E-state index < -0.39 is 47.1 Å². The number of carbonyl (C=O) groups is 8. The third kappa shape index (κ3) is 15.0. The van der Waals surface area contributed by atoms with E-state index in [0.717, 1.165) is 49.7 Å². The van der Waals surface area contributed by atoms with Gasteiger partial charge in [0.15, 0.2) is 0 Å². The van der Waals surface area contributed by atoms with Gasteiger partial charge in [-0.25, -0.2) is 0 Å². The third-order valence-corrected chi connectivity index (χ3v) is 16.0. The number of piperazine rings is 2. The van der Waals surface area contributed by atoms with Gasteiger partial charge in [-0.2, -0.15) is 0 Å². The summed E-state index contributed by atoms with van der Waals surface area (Å²) in [6.07, 6.45) is 8.12. The van der Waals surface area contributed by atoms with Crippen molar-refractivity contribution >= 4 is 47.3 Å². The van der Waals surface area contributed by atoms with Gasteiger partial charge >= 0.3 is 0 Å². The van der Waals surface area contributed by atoms with Crippen molar-refractivity contribution in [3.63, 3.8) is 0 Å². The van der Waals surface area contributed by atoms with Gasteiger partial charge in [-0.05, 0) is 112 Å². The summed E-state index contributed by atoms with van der Waals surface area (Å²) >= 11 is 0. The van der Waals surface area contributed by atoms with E-state index in [2.05, 4.69) is 44.0 Å². The summed E-state index contributed by atoms with van der Waals surface area (Å²) in [6, 6.07) is 10.8. The standard InChI is InChI=1S/C58H88N10O8/c1-37(59-9)51(71)63-49(57(3,4)5)55(75)67-33-31-65(35-45(67)53(73)61-43-27-19-23-39-21-15-17-25-41(39)43)47(69)29-13-11-12-14-30-48(70)66-32-34-68(56(76)50(58(6,7)8)64-52(72)38(2)60-10)46(36-66)54(74)62-44-28-20-24-40-22-16-18-26-42(40)44/h15-18,21-22,25-26,37-38,43-46,49-50,59-60H,11-14,19-20,23-24,27-36H2,1-10H3,(H,61,73)(H,62,74)(H,63,71)(H,64,72)/t37-,38-,43+,44+,45-,46-,49+,50+/m0/s1. The van der Waals surface area contributed by atoms with Crippen molar-refractivity contribution in [2.24, 2.45) is 10.8 Å². The van der Waals surface area contributed by atoms with Crippen LogP contribution >= 0.6 is 0 Å². The first-order chi connectivity index (χ1) is 36.0. The Hall–Kier alpha value is -5.88. The molecule has 0 bridgehead atoms. The average Bonchev–Trinajstić information content (AvgIpc) is 3.40. The number of hydrogen-bond donors (Lipinski definition) is 6. The number of aryl methyl sites for hydroxylation is 2. The first-order valence-corrected chi connectivity index (χ1v) is 27.9. The van der Waals surface area contributed by atoms with Crippen molar-refractivity contribution in [3.8, 4) is 0 Å². The summed E-state index contributed by atoms with van der Waals surface area (Å²) in [4.78, 5) is 118. The molecule has 0 aromatic heterocycles. The van der Waals surface area contributed by atoms with Crippen LogP contribution in [0.1, 0.15) is 154 Å². The highest BCUT2D eigenvalue weighted by Crippen LogP contribution is 2.33. The normalized spacial score (nSPS) is 21.4. The van der Waals surface area contributed by atoms with Gasteiger partial charge in [-0.15, -0.1) is 0 Å². The maximum Gasteiger partial charge on any atom is 0.246 e. The van der Waals surface area contributed by atoms with Crippen LogP contribution in [0.3, 0.4) is 0 Å². The number of hydrogen-bond acceptors (Lipinski definition) is 10. The molecule has 8 amide bonds. The van der Waals surface area contributed by atoms with Gasteiger partial charge in [0.05, 0.1) is 37.3 Å². The molecule has 2 fully saturated rings. The number of unbranched alkanes of at least 4 members (excludes halogenated alkanes) is 3. The van der Waals surface area contributed by atoms with Gasteiger partial charge in [0, 0.05) is 39.0 Å². The molecular weight excluding hydrogens is 965 g/mol. The Labute approximate surface area is 451 Å². The molecule has 418 valence electrons. The molecule has 2 aromatic carbocycles. The van der Waals surface area contributed by atoms with Gasteiger partial charge in [0.2, 0.25) is 47.3 Å². The molecule has 6 N–H and O–H groups in total. The monoisotopic (exact) mass is 1050 g/mol. The third-order valence-electron chi connectivity index (χ3n) is 16.0. The zero-order valence-electron chi connectivity index (χ0n) is 47.0. The molecule has 18 nitrogen and oxygen atoms in total. The summed E-state index contributed by atoms with van der Waals surface area (Å²) in [5.74, 6) is -2.32. The molecule has 8 atom stereocenters. The lowest BCUT2D eigenvalue weighted by atomic mass is 9.85. The lowest BCUT2D eigenvalue weighted by molar-refractivity contribution is -0.152. The lowest BCUT2D eigenvalue weighted by Crippen LogP contribution is -2.66. The van der Waals surface area contributed by atoms with Crippen molar-refractivity contribution in [3.05, 3.63) is 70.8 Å². The maximum atomic E-state index is 14.5. The highest BCUT2D eigenvalue weighted by molar-refractivity contribution is 5.96. The highest BCUT2D eigenvalue weighted by Gasteiger charge is 2.46. The van der Waals surface area contributed by atoms with Crippen LogP contribution in [0.5, 0.6) is 0 Å². The molecule has 2 aromatic rings. The number of fused-ring (bicyclic) bond motifs is 2. The van der Waals surface area contributed by atoms with Gasteiger partial charge in [0.25, 0.3) is 0 Å². The average molecular weight is 1050 g/mol. The number of rotatable bonds is 19. The van der Waals surface area contributed by atoms with Gasteiger partial charge in [-0.3, -0.25) is 38.4 Å². The van der Waals surface area contributed by atoms with Crippen molar-refractivity contribution in [1.29, 1.82) is 0 Å². The van der Waals surface area contributed by atoms with Gasteiger partial charge in [-0.1, -0.05) is 103 Å². The van der Waals surface area contributed by atoms with Crippen molar-refractivity contribution < 1.29 is 38.4 Å². The van der Waals surface area contributed by atoms with E-state index >= 15 is 0 Å². The van der Waals surface area contributed by atoms with Crippen LogP contribution in [-0.4, -0.2) is 156 Å². The first kappa shape index (κ1) is 59.4. The SMILES string of the molecule is CN[C@@H](C)C(=O)N[C@H](C(=O)N1CCN(C(=O)CCCCCCC(=O)N2CCN(C(=O)[C@@H](NC(=O)[C@H](C)NC)C(C)(C)C)[C@H](C(=O)N[C@@H]3CCCc4ccccc43)C2)C[C@H]1C(=O)N[C@@H]1CCCc2ccccc21)C(C)(C)C. The minimum atomic E-state index is -0.976. The Kier molecular flexibility index (Phi) is 20.7. The van der Waals surface area contributed by atoms with E-state index in [9.17, 15) is 38.4 Å². The van der Waals surface area contributed by atoms with E-state index in [-0.39, 0.29) is 111 Å². The van der Waals surface area contributed by atoms with Crippen LogP contribution < -0.4 is 31.9 Å². The van der Waals surface area contributed by atoms with Crippen molar-refractivity contribution in [2.75, 3.05) is 53.4 Å². The van der Waals surface area contributed by atoms with Crippen LogP contribution in [0.4, 0.5) is 0 Å². The van der Waals surface area contributed by atoms with Gasteiger partial charge in [0.1, 0.15) is 24.2 Å². The van der Waals surface area contributed by atoms with Gasteiger partial charge < -0.3 is 51.5 Å². The Morgan fingerprint density at radius 3 is 1.26 bits per heavy atom. The number of amides is 8. The van der Waals surface area contributed by atoms with Crippen LogP contribution in [0, 0.1) is 10.8 Å². The van der Waals surface area contributed by atoms with Crippen molar-refractivity contribution in [1.82, 2.24) is 51.5 Å². The number of benzene rings is 2. The predicted octanol–water partition coefficient (Wildman–Crippen LogP) is 4.07. The minimum Gasteiger partial charge on any atom is -0.347 e. The largest absolute Gasteiger partial charge is 0.347 e. The molecule has 18 heteroatoms. The Bertz CT molecular complexity index is 2240. The van der Waals surface area contributed by atoms with Crippen LogP contribution in [-0.2, 0) is 51.2 Å². The first-order valence-electron chi connectivity index (χ1n) is 27.9. The van der Waals surface area contributed by atoms with E-state index in [0.29, 0.717) is 25.7 Å².